The van der Waals surface area contributed by atoms with Crippen LogP contribution in [-0.4, -0.2) is 34.4 Å². The van der Waals surface area contributed by atoms with Crippen LogP contribution in [0, 0.1) is 5.82 Å². The summed E-state index contributed by atoms with van der Waals surface area (Å²) < 4.78 is 19.7. The van der Waals surface area contributed by atoms with Crippen molar-refractivity contribution in [3.8, 4) is 11.5 Å². The van der Waals surface area contributed by atoms with E-state index >= 15 is 0 Å². The highest BCUT2D eigenvalue weighted by molar-refractivity contribution is 5.62. The second-order valence-electron chi connectivity index (χ2n) is 6.76. The van der Waals surface area contributed by atoms with E-state index in [1.807, 2.05) is 19.1 Å². The average Bonchev–Trinajstić information content (AvgIpc) is 2.75. The van der Waals surface area contributed by atoms with E-state index < -0.39 is 5.82 Å². The van der Waals surface area contributed by atoms with E-state index in [0.29, 0.717) is 22.9 Å². The van der Waals surface area contributed by atoms with Crippen LogP contribution in [0.3, 0.4) is 0 Å². The van der Waals surface area contributed by atoms with Gasteiger partial charge in [0.15, 0.2) is 17.4 Å². The number of aliphatic hydroxyl groups is 1. The third kappa shape index (κ3) is 4.76. The molecule has 30 heavy (non-hydrogen) atoms. The van der Waals surface area contributed by atoms with Crippen LogP contribution in [-0.2, 0) is 11.3 Å². The van der Waals surface area contributed by atoms with Crippen LogP contribution in [0.5, 0.6) is 11.5 Å². The zero-order valence-corrected chi connectivity index (χ0v) is 16.3. The standard InChI is InChI=1S/C21H21FN4O4/c1-13-9-14-5-6-16(11-19(14)30-29-13)24-20-18(22)12-23-21(26-20)25-15-3-2-4-17(10-15)28-8-7-27/h2-6,10-13,27H,7-9H2,1H3,(H2,23,24,25,26). The smallest absolute Gasteiger partial charge is 0.229 e. The number of fused-ring (bicyclic) bond motifs is 1. The minimum absolute atomic E-state index is 0.0169. The lowest BCUT2D eigenvalue weighted by Gasteiger charge is -2.21. The van der Waals surface area contributed by atoms with Gasteiger partial charge >= 0.3 is 0 Å². The Labute approximate surface area is 172 Å². The first kappa shape index (κ1) is 19.9. The van der Waals surface area contributed by atoms with Crippen molar-refractivity contribution in [2.75, 3.05) is 23.8 Å². The Bertz CT molecular complexity index is 1030. The Morgan fingerprint density at radius 3 is 2.93 bits per heavy atom. The van der Waals surface area contributed by atoms with Crippen molar-refractivity contribution in [2.24, 2.45) is 0 Å². The Kier molecular flexibility index (Phi) is 5.92. The van der Waals surface area contributed by atoms with Gasteiger partial charge in [-0.05, 0) is 25.1 Å². The molecule has 4 rings (SSSR count). The molecule has 2 heterocycles. The predicted octanol–water partition coefficient (Wildman–Crippen LogP) is 3.73. The number of halogens is 1. The van der Waals surface area contributed by atoms with Crippen molar-refractivity contribution in [3.63, 3.8) is 0 Å². The number of aliphatic hydroxyl groups excluding tert-OH is 1. The van der Waals surface area contributed by atoms with E-state index in [1.54, 1.807) is 30.3 Å². The lowest BCUT2D eigenvalue weighted by molar-refractivity contribution is -0.249. The zero-order valence-electron chi connectivity index (χ0n) is 16.3. The Morgan fingerprint density at radius 2 is 2.07 bits per heavy atom. The van der Waals surface area contributed by atoms with E-state index in [2.05, 4.69) is 20.6 Å². The lowest BCUT2D eigenvalue weighted by Crippen LogP contribution is -2.20. The molecule has 0 saturated carbocycles. The van der Waals surface area contributed by atoms with Crippen LogP contribution in [0.15, 0.2) is 48.7 Å². The molecule has 0 fully saturated rings. The number of benzene rings is 2. The highest BCUT2D eigenvalue weighted by atomic mass is 19.1. The molecule has 0 spiro atoms. The molecule has 1 aromatic heterocycles. The number of nitrogens with zero attached hydrogens (tertiary/aromatic N) is 2. The molecule has 8 nitrogen and oxygen atoms in total. The van der Waals surface area contributed by atoms with E-state index in [4.69, 9.17) is 19.6 Å². The lowest BCUT2D eigenvalue weighted by atomic mass is 10.1. The molecule has 9 heteroatoms. The first-order chi connectivity index (χ1) is 14.6. The van der Waals surface area contributed by atoms with Gasteiger partial charge in [-0.1, -0.05) is 12.1 Å². The van der Waals surface area contributed by atoms with E-state index in [9.17, 15) is 4.39 Å². The molecule has 1 aliphatic heterocycles. The molecule has 1 unspecified atom stereocenters. The second kappa shape index (κ2) is 8.93. The molecular formula is C21H21FN4O4. The Hall–Kier alpha value is -3.43. The van der Waals surface area contributed by atoms with E-state index in [1.165, 1.54) is 0 Å². The van der Waals surface area contributed by atoms with Crippen molar-refractivity contribution in [2.45, 2.75) is 19.4 Å². The Morgan fingerprint density at radius 1 is 1.20 bits per heavy atom. The van der Waals surface area contributed by atoms with Gasteiger partial charge in [-0.25, -0.2) is 9.37 Å². The number of nitrogens with one attached hydrogen (secondary N) is 2. The maximum Gasteiger partial charge on any atom is 0.229 e. The molecule has 156 valence electrons. The van der Waals surface area contributed by atoms with Gasteiger partial charge in [0.1, 0.15) is 18.5 Å². The predicted molar refractivity (Wildman–Crippen MR) is 109 cm³/mol. The molecule has 0 aliphatic carbocycles. The largest absolute Gasteiger partial charge is 0.491 e. The summed E-state index contributed by atoms with van der Waals surface area (Å²) in [5.41, 5.74) is 2.29. The van der Waals surface area contributed by atoms with E-state index in [-0.39, 0.29) is 31.1 Å². The number of anilines is 4. The highest BCUT2D eigenvalue weighted by Crippen LogP contribution is 2.31. The maximum absolute atomic E-state index is 14.3. The van der Waals surface area contributed by atoms with Crippen LogP contribution < -0.4 is 20.3 Å². The average molecular weight is 412 g/mol. The monoisotopic (exact) mass is 412 g/mol. The fraction of sp³-hybridized carbons (Fsp3) is 0.238. The second-order valence-corrected chi connectivity index (χ2v) is 6.76. The van der Waals surface area contributed by atoms with Crippen molar-refractivity contribution in [1.29, 1.82) is 0 Å². The zero-order chi connectivity index (χ0) is 20.9. The molecule has 2 aromatic carbocycles. The maximum atomic E-state index is 14.3. The number of aromatic nitrogens is 2. The van der Waals surface area contributed by atoms with E-state index in [0.717, 1.165) is 18.2 Å². The molecule has 0 amide bonds. The molecule has 3 N–H and O–H groups in total. The fourth-order valence-corrected chi connectivity index (χ4v) is 2.96. The molecule has 1 aliphatic rings. The molecule has 1 atom stereocenters. The molecule has 0 saturated heterocycles. The summed E-state index contributed by atoms with van der Waals surface area (Å²) in [5, 5.41) is 14.8. The van der Waals surface area contributed by atoms with Gasteiger partial charge < -0.3 is 25.4 Å². The number of rotatable bonds is 7. The van der Waals surface area contributed by atoms with Crippen LogP contribution in [0.1, 0.15) is 12.5 Å². The summed E-state index contributed by atoms with van der Waals surface area (Å²) in [5.74, 6) is 0.810. The van der Waals surface area contributed by atoms with Crippen LogP contribution >= 0.6 is 0 Å². The number of hydrogen-bond acceptors (Lipinski definition) is 8. The molecule has 0 bridgehead atoms. The topological polar surface area (TPSA) is 97.8 Å². The van der Waals surface area contributed by atoms with Gasteiger partial charge in [-0.3, -0.25) is 0 Å². The first-order valence-electron chi connectivity index (χ1n) is 9.47. The van der Waals surface area contributed by atoms with Crippen LogP contribution in [0.4, 0.5) is 27.5 Å². The van der Waals surface area contributed by atoms with Crippen LogP contribution in [0.25, 0.3) is 0 Å². The SMILES string of the molecule is CC1Cc2ccc(Nc3nc(Nc4cccc(OCCO)c4)ncc3F)cc2OO1. The normalized spacial score (nSPS) is 15.1. The van der Waals surface area contributed by atoms with Gasteiger partial charge in [0, 0.05) is 35.5 Å². The molecular weight excluding hydrogens is 391 g/mol. The van der Waals surface area contributed by atoms with Crippen molar-refractivity contribution in [1.82, 2.24) is 9.97 Å². The Balaban J connectivity index is 1.50. The number of hydrogen-bond donors (Lipinski definition) is 3. The van der Waals surface area contributed by atoms with Crippen LogP contribution in [0.2, 0.25) is 0 Å². The van der Waals surface area contributed by atoms with Gasteiger partial charge in [0.05, 0.1) is 12.8 Å². The summed E-state index contributed by atoms with van der Waals surface area (Å²) >= 11 is 0. The van der Waals surface area contributed by atoms with Gasteiger partial charge in [-0.2, -0.15) is 9.87 Å². The van der Waals surface area contributed by atoms with Crippen molar-refractivity contribution >= 4 is 23.1 Å². The minimum atomic E-state index is -0.593. The summed E-state index contributed by atoms with van der Waals surface area (Å²) in [7, 11) is 0. The van der Waals surface area contributed by atoms with Gasteiger partial charge in [0.25, 0.3) is 0 Å². The quantitative estimate of drug-likeness (QED) is 0.505. The summed E-state index contributed by atoms with van der Waals surface area (Å²) in [6, 6.07) is 12.6. The summed E-state index contributed by atoms with van der Waals surface area (Å²) in [6.45, 7) is 2.04. The van der Waals surface area contributed by atoms with Crippen molar-refractivity contribution in [3.05, 3.63) is 60.0 Å². The number of ether oxygens (including phenoxy) is 1. The first-order valence-corrected chi connectivity index (χ1v) is 9.47. The molecule has 3 aromatic rings. The third-order valence-electron chi connectivity index (χ3n) is 4.33. The fourth-order valence-electron chi connectivity index (χ4n) is 2.96. The van der Waals surface area contributed by atoms with Gasteiger partial charge in [0.2, 0.25) is 5.95 Å². The van der Waals surface area contributed by atoms with Gasteiger partial charge in [-0.15, -0.1) is 0 Å². The third-order valence-corrected chi connectivity index (χ3v) is 4.33. The minimum Gasteiger partial charge on any atom is -0.491 e. The molecule has 0 radical (unpaired) electrons. The summed E-state index contributed by atoms with van der Waals surface area (Å²) in [4.78, 5) is 18.7. The summed E-state index contributed by atoms with van der Waals surface area (Å²) in [6.07, 6.45) is 1.81. The highest BCUT2D eigenvalue weighted by Gasteiger charge is 2.18. The van der Waals surface area contributed by atoms with Crippen molar-refractivity contribution < 1.29 is 24.0 Å².